The SMILES string of the molecule is CC(C)(C)OC(=O)[C@H]1CCC2(CC2)C[C@@H]1C(=O)OCc1ccccc1. The zero-order valence-electron chi connectivity index (χ0n) is 15.4. The third-order valence-electron chi connectivity index (χ3n) is 5.32. The first-order chi connectivity index (χ1) is 11.8. The monoisotopic (exact) mass is 344 g/mol. The summed E-state index contributed by atoms with van der Waals surface area (Å²) in [6.07, 6.45) is 4.82. The predicted molar refractivity (Wildman–Crippen MR) is 94.6 cm³/mol. The van der Waals surface area contributed by atoms with Crippen LogP contribution in [-0.4, -0.2) is 17.5 Å². The van der Waals surface area contributed by atoms with E-state index >= 15 is 0 Å². The average molecular weight is 344 g/mol. The van der Waals surface area contributed by atoms with Crippen molar-refractivity contribution >= 4 is 11.9 Å². The van der Waals surface area contributed by atoms with Crippen LogP contribution in [0.3, 0.4) is 0 Å². The van der Waals surface area contributed by atoms with Crippen LogP contribution in [0, 0.1) is 17.3 Å². The van der Waals surface area contributed by atoms with Gasteiger partial charge in [0.25, 0.3) is 0 Å². The minimum atomic E-state index is -0.537. The molecular formula is C21H28O4. The van der Waals surface area contributed by atoms with Crippen LogP contribution in [0.5, 0.6) is 0 Å². The molecule has 136 valence electrons. The lowest BCUT2D eigenvalue weighted by Crippen LogP contribution is -2.40. The van der Waals surface area contributed by atoms with Crippen LogP contribution in [0.25, 0.3) is 0 Å². The summed E-state index contributed by atoms with van der Waals surface area (Å²) in [5.41, 5.74) is 0.695. The summed E-state index contributed by atoms with van der Waals surface area (Å²) in [6.45, 7) is 5.83. The lowest BCUT2D eigenvalue weighted by atomic mass is 9.72. The number of ether oxygens (including phenoxy) is 2. The molecule has 2 saturated carbocycles. The standard InChI is InChI=1S/C21H28O4/c1-20(2,3)25-19(23)16-9-10-21(11-12-21)13-17(16)18(22)24-14-15-7-5-4-6-8-15/h4-8,16-17H,9-14H2,1-3H3/t16-,17-/m0/s1. The molecule has 0 N–H and O–H groups in total. The van der Waals surface area contributed by atoms with Crippen LogP contribution in [0.1, 0.15) is 58.4 Å². The van der Waals surface area contributed by atoms with E-state index in [0.717, 1.165) is 37.7 Å². The quantitative estimate of drug-likeness (QED) is 0.766. The molecule has 0 aliphatic heterocycles. The molecule has 3 rings (SSSR count). The fraction of sp³-hybridized carbons (Fsp3) is 0.619. The number of carbonyl (C=O) groups is 2. The van der Waals surface area contributed by atoms with Gasteiger partial charge in [-0.25, -0.2) is 0 Å². The molecule has 2 atom stereocenters. The van der Waals surface area contributed by atoms with Gasteiger partial charge in [0, 0.05) is 0 Å². The molecule has 1 aromatic carbocycles. The van der Waals surface area contributed by atoms with Crippen molar-refractivity contribution in [1.29, 1.82) is 0 Å². The van der Waals surface area contributed by atoms with Crippen LogP contribution < -0.4 is 0 Å². The van der Waals surface area contributed by atoms with Gasteiger partial charge >= 0.3 is 11.9 Å². The van der Waals surface area contributed by atoms with Crippen molar-refractivity contribution in [1.82, 2.24) is 0 Å². The lowest BCUT2D eigenvalue weighted by molar-refractivity contribution is -0.172. The van der Waals surface area contributed by atoms with Crippen LogP contribution in [0.4, 0.5) is 0 Å². The Morgan fingerprint density at radius 2 is 1.72 bits per heavy atom. The smallest absolute Gasteiger partial charge is 0.310 e. The second-order valence-corrected chi connectivity index (χ2v) is 8.58. The zero-order chi connectivity index (χ0) is 18.1. The molecule has 0 radical (unpaired) electrons. The molecule has 0 heterocycles. The van der Waals surface area contributed by atoms with E-state index < -0.39 is 5.60 Å². The highest BCUT2D eigenvalue weighted by molar-refractivity contribution is 5.82. The summed E-state index contributed by atoms with van der Waals surface area (Å²) in [5.74, 6) is -1.28. The fourth-order valence-electron chi connectivity index (χ4n) is 3.75. The number of hydrogen-bond acceptors (Lipinski definition) is 4. The number of esters is 2. The van der Waals surface area contributed by atoms with Crippen molar-refractivity contribution in [3.8, 4) is 0 Å². The Bertz CT molecular complexity index is 625. The Hall–Kier alpha value is -1.84. The topological polar surface area (TPSA) is 52.6 Å². The lowest BCUT2D eigenvalue weighted by Gasteiger charge is -2.35. The van der Waals surface area contributed by atoms with Gasteiger partial charge in [0.1, 0.15) is 12.2 Å². The molecule has 0 bridgehead atoms. The summed E-state index contributed by atoms with van der Waals surface area (Å²) in [4.78, 5) is 25.3. The van der Waals surface area contributed by atoms with E-state index in [4.69, 9.17) is 9.47 Å². The molecule has 4 nitrogen and oxygen atoms in total. The Labute approximate surface area is 149 Å². The summed E-state index contributed by atoms with van der Waals surface area (Å²) in [5, 5.41) is 0. The number of rotatable bonds is 4. The van der Waals surface area contributed by atoms with Gasteiger partial charge in [0.2, 0.25) is 0 Å². The van der Waals surface area contributed by atoms with Crippen molar-refractivity contribution < 1.29 is 19.1 Å². The molecule has 2 aliphatic carbocycles. The first-order valence-electron chi connectivity index (χ1n) is 9.21. The van der Waals surface area contributed by atoms with Crippen molar-refractivity contribution in [2.45, 2.75) is 65.1 Å². The first kappa shape index (κ1) is 18.0. The van der Waals surface area contributed by atoms with Crippen molar-refractivity contribution in [3.63, 3.8) is 0 Å². The third kappa shape index (κ3) is 4.62. The summed E-state index contributed by atoms with van der Waals surface area (Å²) in [6, 6.07) is 9.64. The molecule has 2 fully saturated rings. The first-order valence-corrected chi connectivity index (χ1v) is 9.21. The second kappa shape index (κ2) is 6.81. The molecule has 0 saturated heterocycles. The summed E-state index contributed by atoms with van der Waals surface area (Å²) >= 11 is 0. The second-order valence-electron chi connectivity index (χ2n) is 8.58. The Balaban J connectivity index is 1.67. The maximum atomic E-state index is 12.7. The molecule has 25 heavy (non-hydrogen) atoms. The zero-order valence-corrected chi connectivity index (χ0v) is 15.4. The molecule has 0 unspecified atom stereocenters. The largest absolute Gasteiger partial charge is 0.461 e. The molecular weight excluding hydrogens is 316 g/mol. The highest BCUT2D eigenvalue weighted by Gasteiger charge is 2.53. The van der Waals surface area contributed by atoms with Gasteiger partial charge in [0.05, 0.1) is 11.8 Å². The Morgan fingerprint density at radius 3 is 2.32 bits per heavy atom. The van der Waals surface area contributed by atoms with Gasteiger partial charge < -0.3 is 9.47 Å². The van der Waals surface area contributed by atoms with Crippen LogP contribution in [0.15, 0.2) is 30.3 Å². The normalized spacial score (nSPS) is 24.6. The molecule has 1 spiro atoms. The van der Waals surface area contributed by atoms with Crippen LogP contribution in [-0.2, 0) is 25.7 Å². The van der Waals surface area contributed by atoms with E-state index in [1.165, 1.54) is 0 Å². The number of carbonyl (C=O) groups excluding carboxylic acids is 2. The van der Waals surface area contributed by atoms with E-state index in [2.05, 4.69) is 0 Å². The van der Waals surface area contributed by atoms with Gasteiger partial charge in [0.15, 0.2) is 0 Å². The van der Waals surface area contributed by atoms with Gasteiger partial charge in [-0.3, -0.25) is 9.59 Å². The van der Waals surface area contributed by atoms with E-state index in [9.17, 15) is 9.59 Å². The predicted octanol–water partition coefficient (Wildman–Crippen LogP) is 4.27. The maximum absolute atomic E-state index is 12.7. The van der Waals surface area contributed by atoms with Crippen molar-refractivity contribution in [3.05, 3.63) is 35.9 Å². The van der Waals surface area contributed by atoms with E-state index in [0.29, 0.717) is 0 Å². The van der Waals surface area contributed by atoms with Gasteiger partial charge in [-0.05, 0) is 63.9 Å². The Morgan fingerprint density at radius 1 is 1.04 bits per heavy atom. The summed E-state index contributed by atoms with van der Waals surface area (Å²) < 4.78 is 11.1. The molecule has 1 aromatic rings. The van der Waals surface area contributed by atoms with Crippen LogP contribution >= 0.6 is 0 Å². The van der Waals surface area contributed by atoms with Gasteiger partial charge in [-0.1, -0.05) is 30.3 Å². The van der Waals surface area contributed by atoms with Gasteiger partial charge in [-0.2, -0.15) is 0 Å². The number of hydrogen-bond donors (Lipinski definition) is 0. The highest BCUT2D eigenvalue weighted by atomic mass is 16.6. The molecule has 0 aromatic heterocycles. The third-order valence-corrected chi connectivity index (χ3v) is 5.32. The van der Waals surface area contributed by atoms with Crippen molar-refractivity contribution in [2.24, 2.45) is 17.3 Å². The molecule has 4 heteroatoms. The minimum absolute atomic E-state index is 0.254. The van der Waals surface area contributed by atoms with Crippen molar-refractivity contribution in [2.75, 3.05) is 0 Å². The maximum Gasteiger partial charge on any atom is 0.310 e. The highest BCUT2D eigenvalue weighted by Crippen LogP contribution is 2.59. The van der Waals surface area contributed by atoms with Crippen LogP contribution in [0.2, 0.25) is 0 Å². The Kier molecular flexibility index (Phi) is 4.90. The minimum Gasteiger partial charge on any atom is -0.461 e. The van der Waals surface area contributed by atoms with E-state index in [1.54, 1.807) is 0 Å². The molecule has 0 amide bonds. The van der Waals surface area contributed by atoms with E-state index in [1.807, 2.05) is 51.1 Å². The summed E-state index contributed by atoms with van der Waals surface area (Å²) in [7, 11) is 0. The fourth-order valence-corrected chi connectivity index (χ4v) is 3.75. The number of benzene rings is 1. The van der Waals surface area contributed by atoms with Gasteiger partial charge in [-0.15, -0.1) is 0 Å². The molecule has 2 aliphatic rings. The average Bonchev–Trinajstić information content (AvgIpc) is 3.30. The van der Waals surface area contributed by atoms with E-state index in [-0.39, 0.29) is 35.8 Å².